The molecule has 44 valence electrons. The quantitative estimate of drug-likeness (QED) is 0.477. The SMILES string of the molecule is N#CCNC(=O)CBr. The first-order chi connectivity index (χ1) is 3.81. The molecule has 0 saturated carbocycles. The highest BCUT2D eigenvalue weighted by molar-refractivity contribution is 9.09. The number of alkyl halides is 1. The first kappa shape index (κ1) is 7.44. The standard InChI is InChI=1S/C4H5BrN2O/c5-3-4(8)7-2-1-6/h2-3H2,(H,7,8). The molecule has 0 atom stereocenters. The smallest absolute Gasteiger partial charge is 0.231 e. The van der Waals surface area contributed by atoms with Crippen molar-refractivity contribution in [1.82, 2.24) is 5.32 Å². The van der Waals surface area contributed by atoms with Crippen LogP contribution in [0.25, 0.3) is 0 Å². The molecule has 0 rings (SSSR count). The Morgan fingerprint density at radius 2 is 2.50 bits per heavy atom. The molecule has 0 heterocycles. The van der Waals surface area contributed by atoms with Crippen LogP contribution in [0.2, 0.25) is 0 Å². The molecule has 0 aliphatic carbocycles. The molecule has 1 amide bonds. The minimum Gasteiger partial charge on any atom is -0.342 e. The van der Waals surface area contributed by atoms with Gasteiger partial charge in [0.25, 0.3) is 0 Å². The third-order valence-corrected chi connectivity index (χ3v) is 0.995. The number of rotatable bonds is 2. The van der Waals surface area contributed by atoms with Crippen molar-refractivity contribution in [2.75, 3.05) is 11.9 Å². The number of hydrogen-bond donors (Lipinski definition) is 1. The fourth-order valence-corrected chi connectivity index (χ4v) is 0.384. The van der Waals surface area contributed by atoms with E-state index >= 15 is 0 Å². The molecule has 0 aliphatic rings. The Labute approximate surface area is 55.8 Å². The van der Waals surface area contributed by atoms with Gasteiger partial charge >= 0.3 is 0 Å². The Kier molecular flexibility index (Phi) is 4.27. The summed E-state index contributed by atoms with van der Waals surface area (Å²) < 4.78 is 0. The van der Waals surface area contributed by atoms with E-state index in [2.05, 4.69) is 21.2 Å². The minimum atomic E-state index is -0.161. The molecule has 8 heavy (non-hydrogen) atoms. The van der Waals surface area contributed by atoms with Crippen molar-refractivity contribution in [1.29, 1.82) is 5.26 Å². The Hall–Kier alpha value is -0.560. The summed E-state index contributed by atoms with van der Waals surface area (Å²) in [6.07, 6.45) is 0. The molecule has 1 N–H and O–H groups in total. The lowest BCUT2D eigenvalue weighted by Crippen LogP contribution is -2.24. The summed E-state index contributed by atoms with van der Waals surface area (Å²) in [4.78, 5) is 10.3. The van der Waals surface area contributed by atoms with E-state index in [1.165, 1.54) is 0 Å². The minimum absolute atomic E-state index is 0.0877. The maximum Gasteiger partial charge on any atom is 0.231 e. The number of carbonyl (C=O) groups is 1. The van der Waals surface area contributed by atoms with Crippen LogP contribution in [0.1, 0.15) is 0 Å². The summed E-state index contributed by atoms with van der Waals surface area (Å²) in [6.45, 7) is 0.0877. The van der Waals surface area contributed by atoms with Crippen molar-refractivity contribution in [3.05, 3.63) is 0 Å². The van der Waals surface area contributed by atoms with E-state index in [-0.39, 0.29) is 17.8 Å². The molecule has 4 heteroatoms. The number of carbonyl (C=O) groups excluding carboxylic acids is 1. The van der Waals surface area contributed by atoms with Crippen LogP contribution in [0, 0.1) is 11.3 Å². The van der Waals surface area contributed by atoms with E-state index in [1.54, 1.807) is 6.07 Å². The van der Waals surface area contributed by atoms with Gasteiger partial charge < -0.3 is 5.32 Å². The highest BCUT2D eigenvalue weighted by Gasteiger charge is 1.92. The van der Waals surface area contributed by atoms with Gasteiger partial charge in [0, 0.05) is 0 Å². The Morgan fingerprint density at radius 1 is 1.88 bits per heavy atom. The number of halogens is 1. The van der Waals surface area contributed by atoms with E-state index in [4.69, 9.17) is 5.26 Å². The molecule has 3 nitrogen and oxygen atoms in total. The van der Waals surface area contributed by atoms with Crippen LogP contribution < -0.4 is 5.32 Å². The van der Waals surface area contributed by atoms with Gasteiger partial charge in [-0.05, 0) is 0 Å². The maximum absolute atomic E-state index is 10.3. The maximum atomic E-state index is 10.3. The van der Waals surface area contributed by atoms with E-state index in [9.17, 15) is 4.79 Å². The molecule has 0 saturated heterocycles. The van der Waals surface area contributed by atoms with Crippen LogP contribution in [0.5, 0.6) is 0 Å². The largest absolute Gasteiger partial charge is 0.342 e. The number of nitrogens with zero attached hydrogens (tertiary/aromatic N) is 1. The molecule has 0 spiro atoms. The van der Waals surface area contributed by atoms with Gasteiger partial charge in [-0.2, -0.15) is 5.26 Å². The van der Waals surface area contributed by atoms with Crippen molar-refractivity contribution < 1.29 is 4.79 Å². The average molecular weight is 177 g/mol. The van der Waals surface area contributed by atoms with Crippen LogP contribution in [0.3, 0.4) is 0 Å². The summed E-state index contributed by atoms with van der Waals surface area (Å²) in [5.41, 5.74) is 0. The van der Waals surface area contributed by atoms with Gasteiger partial charge in [-0.3, -0.25) is 4.79 Å². The Morgan fingerprint density at radius 3 is 2.88 bits per heavy atom. The summed E-state index contributed by atoms with van der Waals surface area (Å²) in [7, 11) is 0. The molecule has 0 aromatic carbocycles. The zero-order valence-corrected chi connectivity index (χ0v) is 5.73. The van der Waals surface area contributed by atoms with Crippen molar-refractivity contribution in [3.8, 4) is 6.07 Å². The molecular weight excluding hydrogens is 172 g/mol. The van der Waals surface area contributed by atoms with Crippen molar-refractivity contribution in [2.45, 2.75) is 0 Å². The van der Waals surface area contributed by atoms with Crippen molar-refractivity contribution >= 4 is 21.8 Å². The van der Waals surface area contributed by atoms with Gasteiger partial charge in [0.05, 0.1) is 11.4 Å². The lowest BCUT2D eigenvalue weighted by atomic mass is 10.6. The number of nitrogens with one attached hydrogen (secondary N) is 1. The van der Waals surface area contributed by atoms with Crippen LogP contribution in [0.4, 0.5) is 0 Å². The zero-order chi connectivity index (χ0) is 6.41. The van der Waals surface area contributed by atoms with Crippen LogP contribution in [-0.4, -0.2) is 17.8 Å². The molecule has 0 radical (unpaired) electrons. The van der Waals surface area contributed by atoms with Gasteiger partial charge in [-0.25, -0.2) is 0 Å². The number of hydrogen-bond acceptors (Lipinski definition) is 2. The van der Waals surface area contributed by atoms with E-state index in [0.29, 0.717) is 0 Å². The summed E-state index contributed by atoms with van der Waals surface area (Å²) in [5.74, 6) is -0.161. The second-order valence-electron chi connectivity index (χ2n) is 1.07. The monoisotopic (exact) mass is 176 g/mol. The summed E-state index contributed by atoms with van der Waals surface area (Å²) in [5, 5.41) is 10.5. The van der Waals surface area contributed by atoms with Gasteiger partial charge in [-0.15, -0.1) is 0 Å². The molecule has 0 aromatic rings. The lowest BCUT2D eigenvalue weighted by molar-refractivity contribution is -0.118. The average Bonchev–Trinajstić information content (AvgIpc) is 1.83. The predicted octanol–water partition coefficient (Wildman–Crippen LogP) is 0.0211. The van der Waals surface area contributed by atoms with Gasteiger partial charge in [0.2, 0.25) is 5.91 Å². The van der Waals surface area contributed by atoms with Gasteiger partial charge in [-0.1, -0.05) is 15.9 Å². The molecule has 0 aromatic heterocycles. The van der Waals surface area contributed by atoms with Gasteiger partial charge in [0.15, 0.2) is 0 Å². The zero-order valence-electron chi connectivity index (χ0n) is 4.15. The third kappa shape index (κ3) is 3.62. The molecular formula is C4H5BrN2O. The molecule has 0 aliphatic heterocycles. The Balaban J connectivity index is 3.15. The van der Waals surface area contributed by atoms with Crippen molar-refractivity contribution in [3.63, 3.8) is 0 Å². The lowest BCUT2D eigenvalue weighted by Gasteiger charge is -1.91. The summed E-state index contributed by atoms with van der Waals surface area (Å²) in [6, 6.07) is 1.78. The second kappa shape index (κ2) is 4.60. The number of amides is 1. The molecule has 0 unspecified atom stereocenters. The topological polar surface area (TPSA) is 52.9 Å². The highest BCUT2D eigenvalue weighted by Crippen LogP contribution is 1.75. The predicted molar refractivity (Wildman–Crippen MR) is 32.4 cm³/mol. The number of nitriles is 1. The van der Waals surface area contributed by atoms with E-state index < -0.39 is 0 Å². The Bertz CT molecular complexity index is 118. The first-order valence-corrected chi connectivity index (χ1v) is 3.13. The fourth-order valence-electron chi connectivity index (χ4n) is 0.185. The third-order valence-electron chi connectivity index (χ3n) is 0.486. The van der Waals surface area contributed by atoms with Crippen LogP contribution in [0.15, 0.2) is 0 Å². The molecule has 0 fully saturated rings. The summed E-state index contributed by atoms with van der Waals surface area (Å²) >= 11 is 2.92. The first-order valence-electron chi connectivity index (χ1n) is 2.01. The normalized spacial score (nSPS) is 7.50. The van der Waals surface area contributed by atoms with E-state index in [0.717, 1.165) is 0 Å². The second-order valence-corrected chi connectivity index (χ2v) is 1.63. The van der Waals surface area contributed by atoms with Crippen LogP contribution in [-0.2, 0) is 4.79 Å². The van der Waals surface area contributed by atoms with E-state index in [1.807, 2.05) is 0 Å². The van der Waals surface area contributed by atoms with Gasteiger partial charge in [0.1, 0.15) is 6.54 Å². The molecule has 0 bridgehead atoms. The van der Waals surface area contributed by atoms with Crippen LogP contribution >= 0.6 is 15.9 Å². The van der Waals surface area contributed by atoms with Crippen molar-refractivity contribution in [2.24, 2.45) is 0 Å². The fraction of sp³-hybridized carbons (Fsp3) is 0.500. The highest BCUT2D eigenvalue weighted by atomic mass is 79.9.